The molecule has 1 aromatic rings. The van der Waals surface area contributed by atoms with Crippen LogP contribution in [0.5, 0.6) is 5.75 Å². The number of benzene rings is 1. The molecular formula is C12H20ClNO2. The van der Waals surface area contributed by atoms with Gasteiger partial charge in [0.25, 0.3) is 0 Å². The molecule has 0 spiro atoms. The van der Waals surface area contributed by atoms with Gasteiger partial charge in [0.15, 0.2) is 0 Å². The Morgan fingerprint density at radius 3 is 2.75 bits per heavy atom. The summed E-state index contributed by atoms with van der Waals surface area (Å²) in [5.74, 6) is 0.195. The maximum atomic E-state index is 9.77. The second-order valence-electron chi connectivity index (χ2n) is 3.67. The first-order valence-electron chi connectivity index (χ1n) is 5.41. The molecule has 0 aliphatic rings. The van der Waals surface area contributed by atoms with Crippen LogP contribution >= 0.6 is 12.4 Å². The number of phenols is 1. The summed E-state index contributed by atoms with van der Waals surface area (Å²) < 4.78 is 0. The zero-order valence-corrected chi connectivity index (χ0v) is 10.3. The number of unbranched alkanes of at least 4 members (excludes halogenated alkanes) is 1. The van der Waals surface area contributed by atoms with Gasteiger partial charge in [-0.25, -0.2) is 0 Å². The number of hydrogen-bond acceptors (Lipinski definition) is 3. The van der Waals surface area contributed by atoms with Gasteiger partial charge in [-0.05, 0) is 30.7 Å². The topological polar surface area (TPSA) is 52.5 Å². The summed E-state index contributed by atoms with van der Waals surface area (Å²) in [6, 6.07) is 6.73. The molecule has 0 aromatic heterocycles. The van der Waals surface area contributed by atoms with E-state index in [2.05, 4.69) is 12.2 Å². The highest BCUT2D eigenvalue weighted by atomic mass is 35.5. The summed E-state index contributed by atoms with van der Waals surface area (Å²) in [6.07, 6.45) is 1.72. The fourth-order valence-corrected chi connectivity index (χ4v) is 1.39. The van der Waals surface area contributed by atoms with Crippen molar-refractivity contribution >= 4 is 12.4 Å². The van der Waals surface area contributed by atoms with Gasteiger partial charge in [0, 0.05) is 6.54 Å². The predicted molar refractivity (Wildman–Crippen MR) is 68.1 cm³/mol. The molecule has 1 rings (SSSR count). The van der Waals surface area contributed by atoms with Gasteiger partial charge in [-0.15, -0.1) is 12.4 Å². The first-order chi connectivity index (χ1) is 7.24. The summed E-state index contributed by atoms with van der Waals surface area (Å²) in [6.45, 7) is 3.59. The molecular weight excluding hydrogens is 226 g/mol. The van der Waals surface area contributed by atoms with E-state index in [1.807, 2.05) is 6.07 Å². The first kappa shape index (κ1) is 15.2. The molecule has 0 bridgehead atoms. The van der Waals surface area contributed by atoms with Crippen LogP contribution in [0, 0.1) is 0 Å². The second kappa shape index (κ2) is 8.39. The maximum absolute atomic E-state index is 9.77. The Hall–Kier alpha value is -0.770. The first-order valence-corrected chi connectivity index (χ1v) is 5.41. The molecule has 3 N–H and O–H groups in total. The zero-order chi connectivity index (χ0) is 11.1. The molecule has 0 amide bonds. The molecule has 0 saturated carbocycles. The van der Waals surface area contributed by atoms with Crippen LogP contribution in [0.2, 0.25) is 0 Å². The third-order valence-corrected chi connectivity index (χ3v) is 2.30. The standard InChI is InChI=1S/C12H19NO2.ClH/c1-2-3-7-13-9-12(15)10-5-4-6-11(14)8-10;/h4-6,8,12-15H,2-3,7,9H2,1H3;1H. The van der Waals surface area contributed by atoms with Crippen LogP contribution in [0.1, 0.15) is 31.4 Å². The smallest absolute Gasteiger partial charge is 0.115 e. The van der Waals surface area contributed by atoms with Crippen molar-refractivity contribution in [3.8, 4) is 5.75 Å². The number of aromatic hydroxyl groups is 1. The van der Waals surface area contributed by atoms with Gasteiger partial charge in [-0.3, -0.25) is 0 Å². The lowest BCUT2D eigenvalue weighted by molar-refractivity contribution is 0.174. The molecule has 0 saturated heterocycles. The Balaban J connectivity index is 0.00000225. The number of hydrogen-bond donors (Lipinski definition) is 3. The lowest BCUT2D eigenvalue weighted by Crippen LogP contribution is -2.22. The van der Waals surface area contributed by atoms with Crippen LogP contribution in [-0.2, 0) is 0 Å². The van der Waals surface area contributed by atoms with Gasteiger partial charge in [-0.2, -0.15) is 0 Å². The molecule has 1 unspecified atom stereocenters. The average molecular weight is 246 g/mol. The van der Waals surface area contributed by atoms with Crippen LogP contribution in [0.25, 0.3) is 0 Å². The highest BCUT2D eigenvalue weighted by Gasteiger charge is 2.06. The van der Waals surface area contributed by atoms with Crippen LogP contribution in [-0.4, -0.2) is 23.3 Å². The van der Waals surface area contributed by atoms with E-state index in [0.29, 0.717) is 6.54 Å². The molecule has 1 atom stereocenters. The Bertz CT molecular complexity index is 294. The van der Waals surface area contributed by atoms with E-state index < -0.39 is 6.10 Å². The molecule has 0 heterocycles. The van der Waals surface area contributed by atoms with Crippen LogP contribution in [0.15, 0.2) is 24.3 Å². The second-order valence-corrected chi connectivity index (χ2v) is 3.67. The van der Waals surface area contributed by atoms with Crippen molar-refractivity contribution in [3.05, 3.63) is 29.8 Å². The molecule has 0 aliphatic heterocycles. The summed E-state index contributed by atoms with van der Waals surface area (Å²) in [4.78, 5) is 0. The zero-order valence-electron chi connectivity index (χ0n) is 9.52. The van der Waals surface area contributed by atoms with Gasteiger partial charge < -0.3 is 15.5 Å². The molecule has 0 radical (unpaired) electrons. The van der Waals surface area contributed by atoms with Crippen molar-refractivity contribution in [2.24, 2.45) is 0 Å². The van der Waals surface area contributed by atoms with Crippen LogP contribution < -0.4 is 5.32 Å². The summed E-state index contributed by atoms with van der Waals surface area (Å²) in [7, 11) is 0. The van der Waals surface area contributed by atoms with E-state index >= 15 is 0 Å². The predicted octanol–water partition coefficient (Wildman–Crippen LogP) is 2.24. The van der Waals surface area contributed by atoms with E-state index in [0.717, 1.165) is 24.9 Å². The van der Waals surface area contributed by atoms with Crippen molar-refractivity contribution in [1.82, 2.24) is 5.32 Å². The number of aliphatic hydroxyl groups is 1. The monoisotopic (exact) mass is 245 g/mol. The minimum absolute atomic E-state index is 0. The Morgan fingerprint density at radius 2 is 2.12 bits per heavy atom. The summed E-state index contributed by atoms with van der Waals surface area (Å²) >= 11 is 0. The lowest BCUT2D eigenvalue weighted by Gasteiger charge is -2.12. The van der Waals surface area contributed by atoms with E-state index in [4.69, 9.17) is 0 Å². The van der Waals surface area contributed by atoms with Gasteiger partial charge in [0.1, 0.15) is 5.75 Å². The van der Waals surface area contributed by atoms with Crippen LogP contribution in [0.4, 0.5) is 0 Å². The molecule has 0 fully saturated rings. The number of halogens is 1. The highest BCUT2D eigenvalue weighted by Crippen LogP contribution is 2.17. The number of rotatable bonds is 6. The number of nitrogens with one attached hydrogen (secondary N) is 1. The van der Waals surface area contributed by atoms with Gasteiger partial charge in [0.05, 0.1) is 6.10 Å². The van der Waals surface area contributed by atoms with E-state index in [9.17, 15) is 10.2 Å². The van der Waals surface area contributed by atoms with E-state index in [1.54, 1.807) is 18.2 Å². The summed E-state index contributed by atoms with van der Waals surface area (Å²) in [5, 5.41) is 22.2. The van der Waals surface area contributed by atoms with E-state index in [1.165, 1.54) is 0 Å². The quantitative estimate of drug-likeness (QED) is 0.674. The van der Waals surface area contributed by atoms with E-state index in [-0.39, 0.29) is 18.2 Å². The molecule has 0 aliphatic carbocycles. The average Bonchev–Trinajstić information content (AvgIpc) is 2.24. The van der Waals surface area contributed by atoms with Gasteiger partial charge >= 0.3 is 0 Å². The molecule has 16 heavy (non-hydrogen) atoms. The maximum Gasteiger partial charge on any atom is 0.115 e. The van der Waals surface area contributed by atoms with Crippen molar-refractivity contribution in [1.29, 1.82) is 0 Å². The third kappa shape index (κ3) is 5.35. The highest BCUT2D eigenvalue weighted by molar-refractivity contribution is 5.85. The molecule has 1 aromatic carbocycles. The molecule has 3 nitrogen and oxygen atoms in total. The van der Waals surface area contributed by atoms with Crippen molar-refractivity contribution in [2.45, 2.75) is 25.9 Å². The molecule has 92 valence electrons. The fraction of sp³-hybridized carbons (Fsp3) is 0.500. The normalized spacial score (nSPS) is 11.9. The van der Waals surface area contributed by atoms with Gasteiger partial charge in [0.2, 0.25) is 0 Å². The van der Waals surface area contributed by atoms with Crippen molar-refractivity contribution in [2.75, 3.05) is 13.1 Å². The molecule has 4 heteroatoms. The van der Waals surface area contributed by atoms with Crippen LogP contribution in [0.3, 0.4) is 0 Å². The lowest BCUT2D eigenvalue weighted by atomic mass is 10.1. The Labute approximate surface area is 103 Å². The Kier molecular flexibility index (Phi) is 7.99. The van der Waals surface area contributed by atoms with Crippen molar-refractivity contribution < 1.29 is 10.2 Å². The minimum atomic E-state index is -0.547. The minimum Gasteiger partial charge on any atom is -0.508 e. The largest absolute Gasteiger partial charge is 0.508 e. The van der Waals surface area contributed by atoms with Gasteiger partial charge in [-0.1, -0.05) is 25.5 Å². The Morgan fingerprint density at radius 1 is 1.38 bits per heavy atom. The fourth-order valence-electron chi connectivity index (χ4n) is 1.39. The number of phenolic OH excluding ortho intramolecular Hbond substituents is 1. The SMILES string of the molecule is CCCCNCC(O)c1cccc(O)c1.Cl. The van der Waals surface area contributed by atoms with Crippen molar-refractivity contribution in [3.63, 3.8) is 0 Å². The summed E-state index contributed by atoms with van der Waals surface area (Å²) in [5.41, 5.74) is 0.749. The third-order valence-electron chi connectivity index (χ3n) is 2.30. The number of aliphatic hydroxyl groups excluding tert-OH is 1.